The smallest absolute Gasteiger partial charge is 0.326 e. The van der Waals surface area contributed by atoms with Crippen molar-refractivity contribution in [1.29, 1.82) is 0 Å². The molecule has 0 heterocycles. The van der Waals surface area contributed by atoms with E-state index in [1.54, 1.807) is 0 Å². The molecule has 1 saturated carbocycles. The molecule has 0 spiro atoms. The van der Waals surface area contributed by atoms with Crippen molar-refractivity contribution in [3.63, 3.8) is 0 Å². The fourth-order valence-corrected chi connectivity index (χ4v) is 3.46. The summed E-state index contributed by atoms with van der Waals surface area (Å²) in [6, 6.07) is 0. The molecule has 0 radical (unpaired) electrons. The lowest BCUT2D eigenvalue weighted by atomic mass is 9.84. The molecule has 2 atom stereocenters. The zero-order valence-corrected chi connectivity index (χ0v) is 14.2. The SMILES string of the molecule is CCNC1(C(=O)OC)CCCC1CCOCCCC(C)C. The van der Waals surface area contributed by atoms with Crippen LogP contribution < -0.4 is 5.32 Å². The van der Waals surface area contributed by atoms with E-state index >= 15 is 0 Å². The van der Waals surface area contributed by atoms with E-state index in [2.05, 4.69) is 19.2 Å². The molecule has 0 amide bonds. The van der Waals surface area contributed by atoms with E-state index in [1.807, 2.05) is 6.92 Å². The van der Waals surface area contributed by atoms with Gasteiger partial charge in [0.15, 0.2) is 0 Å². The maximum atomic E-state index is 12.2. The minimum Gasteiger partial charge on any atom is -0.468 e. The first-order valence-corrected chi connectivity index (χ1v) is 8.48. The molecule has 0 aromatic rings. The van der Waals surface area contributed by atoms with Crippen LogP contribution in [0, 0.1) is 11.8 Å². The fraction of sp³-hybridized carbons (Fsp3) is 0.941. The summed E-state index contributed by atoms with van der Waals surface area (Å²) in [5.74, 6) is 0.964. The van der Waals surface area contributed by atoms with Crippen molar-refractivity contribution in [2.24, 2.45) is 11.8 Å². The van der Waals surface area contributed by atoms with E-state index in [-0.39, 0.29) is 5.97 Å². The van der Waals surface area contributed by atoms with Crippen molar-refractivity contribution >= 4 is 5.97 Å². The van der Waals surface area contributed by atoms with Crippen molar-refractivity contribution in [3.05, 3.63) is 0 Å². The Balaban J connectivity index is 2.39. The van der Waals surface area contributed by atoms with Gasteiger partial charge in [-0.25, -0.2) is 0 Å². The normalized spacial score (nSPS) is 25.5. The van der Waals surface area contributed by atoms with Gasteiger partial charge in [0.25, 0.3) is 0 Å². The maximum Gasteiger partial charge on any atom is 0.326 e. The summed E-state index contributed by atoms with van der Waals surface area (Å²) in [7, 11) is 1.49. The summed E-state index contributed by atoms with van der Waals surface area (Å²) in [6.45, 7) is 8.88. The van der Waals surface area contributed by atoms with Gasteiger partial charge in [0.2, 0.25) is 0 Å². The minimum atomic E-state index is -0.481. The molecule has 21 heavy (non-hydrogen) atoms. The number of esters is 1. The molecule has 1 N–H and O–H groups in total. The third-order valence-corrected chi connectivity index (χ3v) is 4.54. The first-order valence-electron chi connectivity index (χ1n) is 8.48. The van der Waals surface area contributed by atoms with Crippen molar-refractivity contribution in [1.82, 2.24) is 5.32 Å². The highest BCUT2D eigenvalue weighted by Gasteiger charge is 2.48. The Labute approximate surface area is 130 Å². The first kappa shape index (κ1) is 18.4. The predicted octanol–water partition coefficient (Wildman–Crippen LogP) is 3.15. The lowest BCUT2D eigenvalue weighted by Crippen LogP contribution is -2.55. The summed E-state index contributed by atoms with van der Waals surface area (Å²) in [4.78, 5) is 12.2. The highest BCUT2D eigenvalue weighted by atomic mass is 16.5. The minimum absolute atomic E-state index is 0.105. The highest BCUT2D eigenvalue weighted by molar-refractivity contribution is 5.81. The Hall–Kier alpha value is -0.610. The zero-order chi connectivity index (χ0) is 15.7. The number of nitrogens with one attached hydrogen (secondary N) is 1. The second kappa shape index (κ2) is 9.42. The largest absolute Gasteiger partial charge is 0.468 e. The van der Waals surface area contributed by atoms with Crippen LogP contribution in [0.4, 0.5) is 0 Å². The molecular weight excluding hydrogens is 266 g/mol. The molecule has 4 heteroatoms. The molecule has 0 bridgehead atoms. The first-order chi connectivity index (χ1) is 10.1. The van der Waals surface area contributed by atoms with Crippen molar-refractivity contribution in [3.8, 4) is 0 Å². The summed E-state index contributed by atoms with van der Waals surface area (Å²) in [6.07, 6.45) is 6.32. The molecule has 1 rings (SSSR count). The molecule has 0 aromatic carbocycles. The van der Waals surface area contributed by atoms with Gasteiger partial charge in [0, 0.05) is 13.2 Å². The van der Waals surface area contributed by atoms with Crippen LogP contribution in [0.3, 0.4) is 0 Å². The van der Waals surface area contributed by atoms with Crippen molar-refractivity contribution < 1.29 is 14.3 Å². The molecule has 4 nitrogen and oxygen atoms in total. The van der Waals surface area contributed by atoms with Crippen LogP contribution in [0.1, 0.15) is 59.3 Å². The monoisotopic (exact) mass is 299 g/mol. The van der Waals surface area contributed by atoms with Gasteiger partial charge in [-0.15, -0.1) is 0 Å². The highest BCUT2D eigenvalue weighted by Crippen LogP contribution is 2.38. The Kier molecular flexibility index (Phi) is 8.27. The lowest BCUT2D eigenvalue weighted by molar-refractivity contribution is -0.150. The standard InChI is InChI=1S/C17H33NO3/c1-5-18-17(16(19)20-4)11-6-9-15(17)10-13-21-12-7-8-14(2)3/h14-15,18H,5-13H2,1-4H3. The number of methoxy groups -OCH3 is 1. The molecule has 1 aliphatic rings. The van der Waals surface area contributed by atoms with Crippen LogP contribution >= 0.6 is 0 Å². The molecule has 0 saturated heterocycles. The second-order valence-corrected chi connectivity index (χ2v) is 6.52. The quantitative estimate of drug-likeness (QED) is 0.497. The van der Waals surface area contributed by atoms with Gasteiger partial charge in [0.05, 0.1) is 7.11 Å². The molecule has 2 unspecified atom stereocenters. The van der Waals surface area contributed by atoms with Gasteiger partial charge < -0.3 is 14.8 Å². The van der Waals surface area contributed by atoms with Gasteiger partial charge >= 0.3 is 5.97 Å². The van der Waals surface area contributed by atoms with Gasteiger partial charge in [-0.3, -0.25) is 4.79 Å². The predicted molar refractivity (Wildman–Crippen MR) is 85.3 cm³/mol. The van der Waals surface area contributed by atoms with E-state index in [9.17, 15) is 4.79 Å². The number of likely N-dealkylation sites (N-methyl/N-ethyl adjacent to an activating group) is 1. The number of carbonyl (C=O) groups is 1. The number of hydrogen-bond acceptors (Lipinski definition) is 4. The number of carbonyl (C=O) groups excluding carboxylic acids is 1. The van der Waals surface area contributed by atoms with E-state index in [1.165, 1.54) is 13.5 Å². The number of rotatable bonds is 10. The summed E-state index contributed by atoms with van der Waals surface area (Å²) >= 11 is 0. The summed E-state index contributed by atoms with van der Waals surface area (Å²) in [5.41, 5.74) is -0.481. The molecule has 0 aliphatic heterocycles. The van der Waals surface area contributed by atoms with Crippen molar-refractivity contribution in [2.45, 2.75) is 64.8 Å². The Morgan fingerprint density at radius 3 is 2.76 bits per heavy atom. The van der Waals surface area contributed by atoms with E-state index in [0.29, 0.717) is 5.92 Å². The molecule has 124 valence electrons. The second-order valence-electron chi connectivity index (χ2n) is 6.52. The number of hydrogen-bond donors (Lipinski definition) is 1. The average molecular weight is 299 g/mol. The van der Waals surface area contributed by atoms with Crippen LogP contribution in [-0.4, -0.2) is 38.4 Å². The van der Waals surface area contributed by atoms with Gasteiger partial charge in [0.1, 0.15) is 5.54 Å². The van der Waals surface area contributed by atoms with E-state index in [0.717, 1.165) is 57.8 Å². The van der Waals surface area contributed by atoms with Gasteiger partial charge in [-0.05, 0) is 50.5 Å². The van der Waals surface area contributed by atoms with Crippen molar-refractivity contribution in [2.75, 3.05) is 26.9 Å². The third-order valence-electron chi connectivity index (χ3n) is 4.54. The van der Waals surface area contributed by atoms with Crippen LogP contribution in [0.25, 0.3) is 0 Å². The Morgan fingerprint density at radius 1 is 1.38 bits per heavy atom. The topological polar surface area (TPSA) is 47.6 Å². The van der Waals surface area contributed by atoms with E-state index in [4.69, 9.17) is 9.47 Å². The van der Waals surface area contributed by atoms with Gasteiger partial charge in [-0.1, -0.05) is 27.2 Å². The summed E-state index contributed by atoms with van der Waals surface area (Å²) in [5, 5.41) is 3.40. The summed E-state index contributed by atoms with van der Waals surface area (Å²) < 4.78 is 10.8. The number of ether oxygens (including phenoxy) is 2. The Bertz CT molecular complexity index is 306. The molecule has 0 aromatic heterocycles. The Morgan fingerprint density at radius 2 is 2.14 bits per heavy atom. The lowest BCUT2D eigenvalue weighted by Gasteiger charge is -2.33. The molecular formula is C17H33NO3. The fourth-order valence-electron chi connectivity index (χ4n) is 3.46. The average Bonchev–Trinajstić information content (AvgIpc) is 2.86. The molecule has 1 aliphatic carbocycles. The van der Waals surface area contributed by atoms with Crippen LogP contribution in [0.2, 0.25) is 0 Å². The van der Waals surface area contributed by atoms with Crippen LogP contribution in [0.15, 0.2) is 0 Å². The van der Waals surface area contributed by atoms with Crippen LogP contribution in [-0.2, 0) is 14.3 Å². The van der Waals surface area contributed by atoms with E-state index < -0.39 is 5.54 Å². The zero-order valence-electron chi connectivity index (χ0n) is 14.2. The maximum absolute atomic E-state index is 12.2. The molecule has 1 fully saturated rings. The van der Waals surface area contributed by atoms with Gasteiger partial charge in [-0.2, -0.15) is 0 Å². The third kappa shape index (κ3) is 5.26. The van der Waals surface area contributed by atoms with Crippen LogP contribution in [0.5, 0.6) is 0 Å².